The minimum absolute atomic E-state index is 0.102. The van der Waals surface area contributed by atoms with Crippen LogP contribution in [0.4, 0.5) is 5.69 Å². The number of hydrogen-bond donors (Lipinski definition) is 2. The lowest BCUT2D eigenvalue weighted by Crippen LogP contribution is -2.06. The van der Waals surface area contributed by atoms with Crippen molar-refractivity contribution in [1.29, 1.82) is 0 Å². The third-order valence-electron chi connectivity index (χ3n) is 2.94. The van der Waals surface area contributed by atoms with Gasteiger partial charge in [-0.2, -0.15) is 0 Å². The second-order valence-electron chi connectivity index (χ2n) is 4.50. The number of nitrogens with two attached hydrogens (primary N) is 1. The first-order chi connectivity index (χ1) is 9.66. The first-order valence-electron chi connectivity index (χ1n) is 6.46. The highest BCUT2D eigenvalue weighted by Gasteiger charge is 2.11. The van der Waals surface area contributed by atoms with Gasteiger partial charge < -0.3 is 15.6 Å². The summed E-state index contributed by atoms with van der Waals surface area (Å²) in [5, 5.41) is 9.09. The van der Waals surface area contributed by atoms with E-state index in [-0.39, 0.29) is 5.56 Å². The largest absolute Gasteiger partial charge is 0.493 e. The molecule has 4 heteroatoms. The summed E-state index contributed by atoms with van der Waals surface area (Å²) in [4.78, 5) is 11.1. The number of rotatable bonds is 6. The average Bonchev–Trinajstić information content (AvgIpc) is 2.45. The Hall–Kier alpha value is -2.49. The molecule has 0 saturated heterocycles. The lowest BCUT2D eigenvalue weighted by atomic mass is 10.1. The van der Waals surface area contributed by atoms with Gasteiger partial charge in [-0.1, -0.05) is 30.3 Å². The fraction of sp³-hybridized carbons (Fsp3) is 0.188. The van der Waals surface area contributed by atoms with Gasteiger partial charge in [-0.25, -0.2) is 4.79 Å². The van der Waals surface area contributed by atoms with Crippen LogP contribution < -0.4 is 10.5 Å². The monoisotopic (exact) mass is 271 g/mol. The summed E-state index contributed by atoms with van der Waals surface area (Å²) in [6.07, 6.45) is 1.73. The molecule has 0 saturated carbocycles. The van der Waals surface area contributed by atoms with Crippen LogP contribution in [-0.2, 0) is 6.42 Å². The zero-order valence-corrected chi connectivity index (χ0v) is 11.1. The molecule has 2 rings (SSSR count). The van der Waals surface area contributed by atoms with Crippen LogP contribution in [0.3, 0.4) is 0 Å². The Morgan fingerprint density at radius 2 is 1.90 bits per heavy atom. The molecule has 0 heterocycles. The minimum atomic E-state index is -1.03. The van der Waals surface area contributed by atoms with Crippen LogP contribution in [0, 0.1) is 0 Å². The predicted molar refractivity (Wildman–Crippen MR) is 78.1 cm³/mol. The van der Waals surface area contributed by atoms with Gasteiger partial charge in [-0.05, 0) is 36.6 Å². The third-order valence-corrected chi connectivity index (χ3v) is 2.94. The van der Waals surface area contributed by atoms with Crippen molar-refractivity contribution < 1.29 is 14.6 Å². The van der Waals surface area contributed by atoms with Crippen molar-refractivity contribution in [2.45, 2.75) is 12.8 Å². The SMILES string of the molecule is Nc1ccc(OCCCc2ccccc2)c(C(=O)O)c1. The Balaban J connectivity index is 1.90. The summed E-state index contributed by atoms with van der Waals surface area (Å²) >= 11 is 0. The summed E-state index contributed by atoms with van der Waals surface area (Å²) in [5.74, 6) is -0.671. The third kappa shape index (κ3) is 3.75. The number of aromatic carboxylic acids is 1. The van der Waals surface area contributed by atoms with Crippen molar-refractivity contribution in [3.63, 3.8) is 0 Å². The van der Waals surface area contributed by atoms with Gasteiger partial charge in [0.2, 0.25) is 0 Å². The summed E-state index contributed by atoms with van der Waals surface area (Å²) in [6, 6.07) is 14.7. The first kappa shape index (κ1) is 13.9. The second-order valence-corrected chi connectivity index (χ2v) is 4.50. The molecule has 0 bridgehead atoms. The molecule has 0 unspecified atom stereocenters. The van der Waals surface area contributed by atoms with Crippen molar-refractivity contribution in [3.05, 3.63) is 59.7 Å². The lowest BCUT2D eigenvalue weighted by Gasteiger charge is -2.09. The van der Waals surface area contributed by atoms with Crippen molar-refractivity contribution >= 4 is 11.7 Å². The lowest BCUT2D eigenvalue weighted by molar-refractivity contribution is 0.0692. The van der Waals surface area contributed by atoms with Gasteiger partial charge in [0, 0.05) is 5.69 Å². The quantitative estimate of drug-likeness (QED) is 0.625. The maximum Gasteiger partial charge on any atom is 0.339 e. The van der Waals surface area contributed by atoms with Crippen LogP contribution in [-0.4, -0.2) is 17.7 Å². The van der Waals surface area contributed by atoms with Crippen molar-refractivity contribution in [2.75, 3.05) is 12.3 Å². The number of hydrogen-bond acceptors (Lipinski definition) is 3. The Kier molecular flexibility index (Phi) is 4.60. The molecule has 0 atom stereocenters. The van der Waals surface area contributed by atoms with Gasteiger partial charge >= 0.3 is 5.97 Å². The van der Waals surface area contributed by atoms with Gasteiger partial charge in [-0.15, -0.1) is 0 Å². The van der Waals surface area contributed by atoms with E-state index in [1.54, 1.807) is 12.1 Å². The average molecular weight is 271 g/mol. The summed E-state index contributed by atoms with van der Waals surface area (Å²) in [5.41, 5.74) is 7.34. The van der Waals surface area contributed by atoms with E-state index in [0.717, 1.165) is 12.8 Å². The Morgan fingerprint density at radius 1 is 1.15 bits per heavy atom. The molecular formula is C16H17NO3. The van der Waals surface area contributed by atoms with Gasteiger partial charge in [-0.3, -0.25) is 0 Å². The standard InChI is InChI=1S/C16H17NO3/c17-13-8-9-15(14(11-13)16(18)19)20-10-4-7-12-5-2-1-3-6-12/h1-3,5-6,8-9,11H,4,7,10,17H2,(H,18,19). The van der Waals surface area contributed by atoms with Crippen LogP contribution in [0.2, 0.25) is 0 Å². The van der Waals surface area contributed by atoms with Crippen LogP contribution in [0.25, 0.3) is 0 Å². The van der Waals surface area contributed by atoms with E-state index in [0.29, 0.717) is 18.0 Å². The van der Waals surface area contributed by atoms with Gasteiger partial charge in [0.05, 0.1) is 6.61 Å². The van der Waals surface area contributed by atoms with Crippen LogP contribution in [0.15, 0.2) is 48.5 Å². The molecule has 0 radical (unpaired) electrons. The highest BCUT2D eigenvalue weighted by Crippen LogP contribution is 2.21. The first-order valence-corrected chi connectivity index (χ1v) is 6.46. The summed E-state index contributed by atoms with van der Waals surface area (Å²) in [6.45, 7) is 0.471. The van der Waals surface area contributed by atoms with Crippen molar-refractivity contribution in [2.24, 2.45) is 0 Å². The molecule has 2 aromatic rings. The normalized spacial score (nSPS) is 10.2. The number of carboxylic acid groups (broad SMARTS) is 1. The zero-order chi connectivity index (χ0) is 14.4. The van der Waals surface area contributed by atoms with Gasteiger partial charge in [0.1, 0.15) is 11.3 Å². The number of carbonyl (C=O) groups is 1. The number of carboxylic acids is 1. The number of nitrogen functional groups attached to an aromatic ring is 1. The van der Waals surface area contributed by atoms with E-state index < -0.39 is 5.97 Å². The van der Waals surface area contributed by atoms with E-state index in [1.165, 1.54) is 11.6 Å². The van der Waals surface area contributed by atoms with E-state index in [2.05, 4.69) is 12.1 Å². The Labute approximate surface area is 117 Å². The van der Waals surface area contributed by atoms with E-state index >= 15 is 0 Å². The number of benzene rings is 2. The fourth-order valence-electron chi connectivity index (χ4n) is 1.94. The molecule has 0 fully saturated rings. The minimum Gasteiger partial charge on any atom is -0.493 e. The van der Waals surface area contributed by atoms with Gasteiger partial charge in [0.15, 0.2) is 0 Å². The maximum absolute atomic E-state index is 11.1. The molecule has 104 valence electrons. The van der Waals surface area contributed by atoms with E-state index in [4.69, 9.17) is 15.6 Å². The molecule has 0 amide bonds. The Bertz CT molecular complexity index is 582. The highest BCUT2D eigenvalue weighted by atomic mass is 16.5. The topological polar surface area (TPSA) is 72.5 Å². The smallest absolute Gasteiger partial charge is 0.339 e. The molecular weight excluding hydrogens is 254 g/mol. The highest BCUT2D eigenvalue weighted by molar-refractivity contribution is 5.92. The summed E-state index contributed by atoms with van der Waals surface area (Å²) in [7, 11) is 0. The molecule has 0 aliphatic rings. The van der Waals surface area contributed by atoms with Crippen molar-refractivity contribution in [1.82, 2.24) is 0 Å². The predicted octanol–water partition coefficient (Wildman–Crippen LogP) is 2.98. The van der Waals surface area contributed by atoms with E-state index in [9.17, 15) is 4.79 Å². The molecule has 2 aromatic carbocycles. The number of anilines is 1. The molecule has 0 spiro atoms. The van der Waals surface area contributed by atoms with Crippen molar-refractivity contribution in [3.8, 4) is 5.75 Å². The summed E-state index contributed by atoms with van der Waals surface area (Å²) < 4.78 is 5.54. The molecule has 0 aromatic heterocycles. The van der Waals surface area contributed by atoms with E-state index in [1.807, 2.05) is 18.2 Å². The Morgan fingerprint density at radius 3 is 2.60 bits per heavy atom. The molecule has 4 nitrogen and oxygen atoms in total. The maximum atomic E-state index is 11.1. The van der Waals surface area contributed by atoms with Gasteiger partial charge in [0.25, 0.3) is 0 Å². The number of aryl methyl sites for hydroxylation is 1. The fourth-order valence-corrected chi connectivity index (χ4v) is 1.94. The number of ether oxygens (including phenoxy) is 1. The van der Waals surface area contributed by atoms with Crippen LogP contribution >= 0.6 is 0 Å². The second kappa shape index (κ2) is 6.61. The van der Waals surface area contributed by atoms with Crippen LogP contribution in [0.1, 0.15) is 22.3 Å². The molecule has 0 aliphatic heterocycles. The molecule has 0 aliphatic carbocycles. The van der Waals surface area contributed by atoms with Crippen LogP contribution in [0.5, 0.6) is 5.75 Å². The molecule has 20 heavy (non-hydrogen) atoms. The zero-order valence-electron chi connectivity index (χ0n) is 11.1. The molecule has 3 N–H and O–H groups in total.